The highest BCUT2D eigenvalue weighted by Crippen LogP contribution is 2.17. The maximum absolute atomic E-state index is 9.07. The fourth-order valence-electron chi connectivity index (χ4n) is 1.52. The van der Waals surface area contributed by atoms with Gasteiger partial charge >= 0.3 is 0 Å². The molecule has 0 aliphatic rings. The maximum atomic E-state index is 9.07. The molecular weight excluding hydrogens is 236 g/mol. The Morgan fingerprint density at radius 2 is 2.06 bits per heavy atom. The van der Waals surface area contributed by atoms with Gasteiger partial charge in [0.05, 0.1) is 26.0 Å². The van der Waals surface area contributed by atoms with Gasteiger partial charge in [0.15, 0.2) is 5.82 Å². The SMILES string of the molecule is OCCNc1nnc(-c2cnccn2)n1CCO. The summed E-state index contributed by atoms with van der Waals surface area (Å²) in [7, 11) is 0. The second kappa shape index (κ2) is 6.03. The van der Waals surface area contributed by atoms with E-state index in [1.165, 1.54) is 0 Å². The summed E-state index contributed by atoms with van der Waals surface area (Å²) < 4.78 is 1.69. The summed E-state index contributed by atoms with van der Waals surface area (Å²) in [4.78, 5) is 8.11. The Hall–Kier alpha value is -2.06. The minimum absolute atomic E-state index is 0.00748. The third-order valence-corrected chi connectivity index (χ3v) is 2.26. The molecule has 0 saturated heterocycles. The number of hydrogen-bond donors (Lipinski definition) is 3. The average Bonchev–Trinajstić information content (AvgIpc) is 2.81. The maximum Gasteiger partial charge on any atom is 0.225 e. The Morgan fingerprint density at radius 3 is 2.72 bits per heavy atom. The summed E-state index contributed by atoms with van der Waals surface area (Å²) in [6.45, 7) is 0.655. The van der Waals surface area contributed by atoms with Crippen molar-refractivity contribution < 1.29 is 10.2 Å². The standard InChI is InChI=1S/C10H14N6O2/c17-5-3-13-10-15-14-9(16(10)4-6-18)8-7-11-1-2-12-8/h1-2,7,17-18H,3-6H2,(H,13,15). The molecule has 0 saturated carbocycles. The number of nitrogens with zero attached hydrogens (tertiary/aromatic N) is 5. The number of aliphatic hydroxyl groups excluding tert-OH is 2. The summed E-state index contributed by atoms with van der Waals surface area (Å²) in [5, 5.41) is 28.7. The fraction of sp³-hybridized carbons (Fsp3) is 0.400. The summed E-state index contributed by atoms with van der Waals surface area (Å²) >= 11 is 0. The van der Waals surface area contributed by atoms with Crippen LogP contribution in [0.3, 0.4) is 0 Å². The van der Waals surface area contributed by atoms with Gasteiger partial charge in [0.1, 0.15) is 5.69 Å². The first-order valence-corrected chi connectivity index (χ1v) is 5.52. The summed E-state index contributed by atoms with van der Waals surface area (Å²) in [6.07, 6.45) is 4.71. The second-order valence-corrected chi connectivity index (χ2v) is 3.46. The number of aliphatic hydroxyl groups is 2. The molecule has 3 N–H and O–H groups in total. The van der Waals surface area contributed by atoms with E-state index in [4.69, 9.17) is 10.2 Å². The lowest BCUT2D eigenvalue weighted by Crippen LogP contribution is -2.13. The molecule has 2 aromatic heterocycles. The van der Waals surface area contributed by atoms with Crippen molar-refractivity contribution in [2.24, 2.45) is 0 Å². The van der Waals surface area contributed by atoms with Gasteiger partial charge < -0.3 is 15.5 Å². The molecule has 0 radical (unpaired) electrons. The molecular formula is C10H14N6O2. The zero-order valence-corrected chi connectivity index (χ0v) is 9.69. The molecule has 2 aromatic rings. The number of rotatable bonds is 6. The van der Waals surface area contributed by atoms with Crippen molar-refractivity contribution in [3.63, 3.8) is 0 Å². The van der Waals surface area contributed by atoms with Crippen molar-refractivity contribution in [2.45, 2.75) is 6.54 Å². The lowest BCUT2D eigenvalue weighted by atomic mass is 10.4. The van der Waals surface area contributed by atoms with Gasteiger partial charge in [0, 0.05) is 18.9 Å². The van der Waals surface area contributed by atoms with Crippen molar-refractivity contribution in [2.75, 3.05) is 25.1 Å². The molecule has 96 valence electrons. The van der Waals surface area contributed by atoms with Crippen LogP contribution in [0.15, 0.2) is 18.6 Å². The monoisotopic (exact) mass is 250 g/mol. The van der Waals surface area contributed by atoms with E-state index >= 15 is 0 Å². The van der Waals surface area contributed by atoms with Crippen molar-refractivity contribution in [1.29, 1.82) is 0 Å². The van der Waals surface area contributed by atoms with E-state index in [2.05, 4.69) is 25.5 Å². The fourth-order valence-corrected chi connectivity index (χ4v) is 1.52. The van der Waals surface area contributed by atoms with Crippen molar-refractivity contribution >= 4 is 5.95 Å². The Morgan fingerprint density at radius 1 is 1.17 bits per heavy atom. The molecule has 18 heavy (non-hydrogen) atoms. The zero-order valence-electron chi connectivity index (χ0n) is 9.69. The molecule has 0 fully saturated rings. The number of aromatic nitrogens is 5. The van der Waals surface area contributed by atoms with Crippen LogP contribution in [0.4, 0.5) is 5.95 Å². The highest BCUT2D eigenvalue weighted by atomic mass is 16.3. The van der Waals surface area contributed by atoms with Crippen molar-refractivity contribution in [3.8, 4) is 11.5 Å². The topological polar surface area (TPSA) is 109 Å². The molecule has 0 aliphatic heterocycles. The number of nitrogens with one attached hydrogen (secondary N) is 1. The lowest BCUT2D eigenvalue weighted by molar-refractivity contribution is 0.277. The Labute approximate surface area is 103 Å². The van der Waals surface area contributed by atoms with E-state index in [-0.39, 0.29) is 13.2 Å². The summed E-state index contributed by atoms with van der Waals surface area (Å²) in [6, 6.07) is 0. The van der Waals surface area contributed by atoms with Gasteiger partial charge in [-0.3, -0.25) is 9.55 Å². The van der Waals surface area contributed by atoms with E-state index in [1.54, 1.807) is 23.2 Å². The molecule has 0 bridgehead atoms. The van der Waals surface area contributed by atoms with Crippen LogP contribution < -0.4 is 5.32 Å². The quantitative estimate of drug-likeness (QED) is 0.611. The van der Waals surface area contributed by atoms with E-state index < -0.39 is 0 Å². The highest BCUT2D eigenvalue weighted by Gasteiger charge is 2.13. The molecule has 0 atom stereocenters. The number of hydrogen-bond acceptors (Lipinski definition) is 7. The van der Waals surface area contributed by atoms with E-state index in [9.17, 15) is 0 Å². The van der Waals surface area contributed by atoms with Crippen LogP contribution in [0, 0.1) is 0 Å². The molecule has 0 amide bonds. The van der Waals surface area contributed by atoms with Crippen LogP contribution >= 0.6 is 0 Å². The zero-order chi connectivity index (χ0) is 12.8. The lowest BCUT2D eigenvalue weighted by Gasteiger charge is -2.08. The molecule has 0 spiro atoms. The molecule has 2 rings (SSSR count). The van der Waals surface area contributed by atoms with E-state index in [0.29, 0.717) is 30.6 Å². The molecule has 0 aromatic carbocycles. The second-order valence-electron chi connectivity index (χ2n) is 3.46. The largest absolute Gasteiger partial charge is 0.395 e. The first kappa shape index (κ1) is 12.4. The Kier molecular flexibility index (Phi) is 4.15. The van der Waals surface area contributed by atoms with Crippen LogP contribution in [0.1, 0.15) is 0 Å². The molecule has 0 unspecified atom stereocenters. The van der Waals surface area contributed by atoms with E-state index in [1.807, 2.05) is 0 Å². The van der Waals surface area contributed by atoms with Crippen molar-refractivity contribution in [3.05, 3.63) is 18.6 Å². The number of anilines is 1. The Bertz CT molecular complexity index is 486. The third kappa shape index (κ3) is 2.60. The van der Waals surface area contributed by atoms with Gasteiger partial charge in [-0.05, 0) is 0 Å². The summed E-state index contributed by atoms with van der Waals surface area (Å²) in [5.41, 5.74) is 0.579. The van der Waals surface area contributed by atoms with Crippen LogP contribution in [0.2, 0.25) is 0 Å². The minimum Gasteiger partial charge on any atom is -0.395 e. The van der Waals surface area contributed by atoms with E-state index in [0.717, 1.165) is 0 Å². The predicted octanol–water partition coefficient (Wildman–Crippen LogP) is -0.868. The van der Waals surface area contributed by atoms with Crippen LogP contribution in [0.5, 0.6) is 0 Å². The smallest absolute Gasteiger partial charge is 0.225 e. The van der Waals surface area contributed by atoms with Crippen molar-refractivity contribution in [1.82, 2.24) is 24.7 Å². The molecule has 2 heterocycles. The van der Waals surface area contributed by atoms with Gasteiger partial charge in [-0.25, -0.2) is 4.98 Å². The highest BCUT2D eigenvalue weighted by molar-refractivity contribution is 5.50. The normalized spacial score (nSPS) is 10.6. The van der Waals surface area contributed by atoms with Gasteiger partial charge in [0.25, 0.3) is 0 Å². The van der Waals surface area contributed by atoms with Gasteiger partial charge in [-0.2, -0.15) is 0 Å². The first-order chi connectivity index (χ1) is 8.86. The van der Waals surface area contributed by atoms with Gasteiger partial charge in [-0.15, -0.1) is 10.2 Å². The van der Waals surface area contributed by atoms with Gasteiger partial charge in [0.2, 0.25) is 5.95 Å². The average molecular weight is 250 g/mol. The van der Waals surface area contributed by atoms with Crippen LogP contribution in [0.25, 0.3) is 11.5 Å². The minimum atomic E-state index is -0.0426. The van der Waals surface area contributed by atoms with Gasteiger partial charge in [-0.1, -0.05) is 0 Å². The Balaban J connectivity index is 2.32. The molecule has 8 heteroatoms. The first-order valence-electron chi connectivity index (χ1n) is 5.52. The van der Waals surface area contributed by atoms with Crippen LogP contribution in [-0.4, -0.2) is 54.7 Å². The third-order valence-electron chi connectivity index (χ3n) is 2.26. The molecule has 8 nitrogen and oxygen atoms in total. The molecule has 0 aliphatic carbocycles. The summed E-state index contributed by atoms with van der Waals surface area (Å²) in [5.74, 6) is 1.01. The predicted molar refractivity (Wildman–Crippen MR) is 63.7 cm³/mol. The van der Waals surface area contributed by atoms with Crippen LogP contribution in [-0.2, 0) is 6.54 Å².